The molecule has 2 aromatic rings. The molecule has 0 saturated carbocycles. The third-order valence-electron chi connectivity index (χ3n) is 5.19. The van der Waals surface area contributed by atoms with Gasteiger partial charge in [0, 0.05) is 32.6 Å². The second-order valence-corrected chi connectivity index (χ2v) is 9.40. The topological polar surface area (TPSA) is 95.6 Å². The summed E-state index contributed by atoms with van der Waals surface area (Å²) in [6.45, 7) is 0.976. The molecule has 1 saturated heterocycles. The Morgan fingerprint density at radius 2 is 1.74 bits per heavy atom. The molecule has 166 valence electrons. The van der Waals surface area contributed by atoms with Crippen molar-refractivity contribution in [2.75, 3.05) is 19.6 Å². The summed E-state index contributed by atoms with van der Waals surface area (Å²) in [5, 5.41) is 5.53. The zero-order valence-corrected chi connectivity index (χ0v) is 17.9. The van der Waals surface area contributed by atoms with Crippen LogP contribution in [0.2, 0.25) is 0 Å². The van der Waals surface area contributed by atoms with Gasteiger partial charge in [-0.1, -0.05) is 30.3 Å². The zero-order chi connectivity index (χ0) is 22.3. The molecule has 1 atom stereocenters. The molecule has 7 nitrogen and oxygen atoms in total. The molecule has 1 fully saturated rings. The van der Waals surface area contributed by atoms with Crippen LogP contribution >= 0.6 is 0 Å². The number of hydrogen-bond acceptors (Lipinski definition) is 4. The first-order valence-corrected chi connectivity index (χ1v) is 11.6. The number of carbonyl (C=O) groups is 2. The molecule has 0 aromatic heterocycles. The molecule has 9 heteroatoms. The molecule has 2 amide bonds. The van der Waals surface area contributed by atoms with Gasteiger partial charge in [-0.2, -0.15) is 4.31 Å². The normalized spacial score (nSPS) is 17.1. The van der Waals surface area contributed by atoms with E-state index in [0.717, 1.165) is 17.7 Å². The monoisotopic (exact) mass is 447 g/mol. The van der Waals surface area contributed by atoms with Crippen molar-refractivity contribution in [3.05, 3.63) is 66.0 Å². The van der Waals surface area contributed by atoms with E-state index in [4.69, 9.17) is 0 Å². The van der Waals surface area contributed by atoms with Gasteiger partial charge in [0.2, 0.25) is 21.8 Å². The first kappa shape index (κ1) is 22.9. The van der Waals surface area contributed by atoms with Gasteiger partial charge in [0.05, 0.1) is 10.8 Å². The van der Waals surface area contributed by atoms with Gasteiger partial charge in [-0.05, 0) is 42.7 Å². The standard InChI is InChI=1S/C22H26FN3O4S/c23-19-8-10-20(11-9-19)31(29,30)26-14-4-7-18(16-26)22(28)24-13-12-21(27)25-15-17-5-2-1-3-6-17/h1-3,5-6,8-11,18H,4,7,12-16H2,(H,24,28)(H,25,27)/t18-/m0/s1. The van der Waals surface area contributed by atoms with E-state index in [1.165, 1.54) is 16.4 Å². The molecule has 0 aliphatic carbocycles. The third kappa shape index (κ3) is 6.35. The van der Waals surface area contributed by atoms with Crippen molar-refractivity contribution in [1.82, 2.24) is 14.9 Å². The van der Waals surface area contributed by atoms with Crippen LogP contribution in [0.25, 0.3) is 0 Å². The van der Waals surface area contributed by atoms with Crippen molar-refractivity contribution in [3.63, 3.8) is 0 Å². The van der Waals surface area contributed by atoms with E-state index in [1.54, 1.807) is 0 Å². The number of carbonyl (C=O) groups excluding carboxylic acids is 2. The van der Waals surface area contributed by atoms with Crippen molar-refractivity contribution in [3.8, 4) is 0 Å². The number of nitrogens with zero attached hydrogens (tertiary/aromatic N) is 1. The lowest BCUT2D eigenvalue weighted by Gasteiger charge is -2.31. The summed E-state index contributed by atoms with van der Waals surface area (Å²) in [4.78, 5) is 24.5. The Hall–Kier alpha value is -2.78. The lowest BCUT2D eigenvalue weighted by molar-refractivity contribution is -0.126. The summed E-state index contributed by atoms with van der Waals surface area (Å²) in [5.74, 6) is -1.44. The van der Waals surface area contributed by atoms with Crippen LogP contribution in [0.15, 0.2) is 59.5 Å². The van der Waals surface area contributed by atoms with Gasteiger partial charge < -0.3 is 10.6 Å². The molecule has 31 heavy (non-hydrogen) atoms. The molecule has 0 spiro atoms. The summed E-state index contributed by atoms with van der Waals surface area (Å²) in [5.41, 5.74) is 0.990. The van der Waals surface area contributed by atoms with Crippen LogP contribution in [0.3, 0.4) is 0 Å². The number of rotatable bonds is 8. The third-order valence-corrected chi connectivity index (χ3v) is 7.07. The molecule has 0 bridgehead atoms. The molecule has 2 aromatic carbocycles. The summed E-state index contributed by atoms with van der Waals surface area (Å²) in [6.07, 6.45) is 1.26. The fraction of sp³-hybridized carbons (Fsp3) is 0.364. The van der Waals surface area contributed by atoms with Crippen LogP contribution in [-0.2, 0) is 26.2 Å². The largest absolute Gasteiger partial charge is 0.355 e. The second kappa shape index (κ2) is 10.5. The maximum absolute atomic E-state index is 13.1. The highest BCUT2D eigenvalue weighted by molar-refractivity contribution is 7.89. The molecule has 1 aliphatic rings. The van der Waals surface area contributed by atoms with Crippen molar-refractivity contribution in [2.45, 2.75) is 30.7 Å². The molecule has 3 rings (SSSR count). The SMILES string of the molecule is O=C(CCNC(=O)[C@H]1CCCN(S(=O)(=O)c2ccc(F)cc2)C1)NCc1ccccc1. The highest BCUT2D eigenvalue weighted by Gasteiger charge is 2.33. The highest BCUT2D eigenvalue weighted by atomic mass is 32.2. The Balaban J connectivity index is 1.46. The fourth-order valence-electron chi connectivity index (χ4n) is 3.46. The van der Waals surface area contributed by atoms with Crippen molar-refractivity contribution < 1.29 is 22.4 Å². The zero-order valence-electron chi connectivity index (χ0n) is 17.1. The molecule has 1 aliphatic heterocycles. The van der Waals surface area contributed by atoms with E-state index < -0.39 is 21.8 Å². The quantitative estimate of drug-likeness (QED) is 0.648. The number of nitrogens with one attached hydrogen (secondary N) is 2. The molecular weight excluding hydrogens is 421 g/mol. The summed E-state index contributed by atoms with van der Waals surface area (Å²) >= 11 is 0. The van der Waals surface area contributed by atoms with Gasteiger partial charge in [0.1, 0.15) is 5.82 Å². The lowest BCUT2D eigenvalue weighted by atomic mass is 9.99. The average molecular weight is 448 g/mol. The molecule has 2 N–H and O–H groups in total. The van der Waals surface area contributed by atoms with Crippen LogP contribution in [0.4, 0.5) is 4.39 Å². The van der Waals surface area contributed by atoms with Crippen LogP contribution in [0, 0.1) is 11.7 Å². The Bertz CT molecular complexity index is 997. The first-order chi connectivity index (χ1) is 14.9. The van der Waals surface area contributed by atoms with Gasteiger partial charge in [0.15, 0.2) is 0 Å². The van der Waals surface area contributed by atoms with Crippen molar-refractivity contribution in [2.24, 2.45) is 5.92 Å². The van der Waals surface area contributed by atoms with Crippen LogP contribution in [-0.4, -0.2) is 44.2 Å². The Morgan fingerprint density at radius 1 is 1.03 bits per heavy atom. The summed E-state index contributed by atoms with van der Waals surface area (Å²) < 4.78 is 39.9. The molecular formula is C22H26FN3O4S. The molecule has 1 heterocycles. The predicted molar refractivity (Wildman–Crippen MR) is 114 cm³/mol. The lowest BCUT2D eigenvalue weighted by Crippen LogP contribution is -2.45. The van der Waals surface area contributed by atoms with E-state index in [-0.39, 0.29) is 36.2 Å². The minimum Gasteiger partial charge on any atom is -0.355 e. The van der Waals surface area contributed by atoms with E-state index in [1.807, 2.05) is 30.3 Å². The van der Waals surface area contributed by atoms with Crippen LogP contribution in [0.1, 0.15) is 24.8 Å². The van der Waals surface area contributed by atoms with Gasteiger partial charge in [-0.25, -0.2) is 12.8 Å². The average Bonchev–Trinajstić information content (AvgIpc) is 2.78. The van der Waals surface area contributed by atoms with E-state index in [9.17, 15) is 22.4 Å². The summed E-state index contributed by atoms with van der Waals surface area (Å²) in [6, 6.07) is 14.2. The fourth-order valence-corrected chi connectivity index (χ4v) is 4.98. The van der Waals surface area contributed by atoms with E-state index in [2.05, 4.69) is 10.6 Å². The maximum Gasteiger partial charge on any atom is 0.243 e. The van der Waals surface area contributed by atoms with E-state index >= 15 is 0 Å². The van der Waals surface area contributed by atoms with Crippen molar-refractivity contribution in [1.29, 1.82) is 0 Å². The van der Waals surface area contributed by atoms with Crippen molar-refractivity contribution >= 4 is 21.8 Å². The second-order valence-electron chi connectivity index (χ2n) is 7.46. The van der Waals surface area contributed by atoms with Gasteiger partial charge >= 0.3 is 0 Å². The number of benzene rings is 2. The van der Waals surface area contributed by atoms with Crippen LogP contribution < -0.4 is 10.6 Å². The Labute approximate surface area is 181 Å². The van der Waals surface area contributed by atoms with E-state index in [0.29, 0.717) is 25.9 Å². The van der Waals surface area contributed by atoms with Gasteiger partial charge in [0.25, 0.3) is 0 Å². The smallest absolute Gasteiger partial charge is 0.243 e. The first-order valence-electron chi connectivity index (χ1n) is 10.2. The number of amides is 2. The number of piperidine rings is 1. The number of halogens is 1. The van der Waals surface area contributed by atoms with Gasteiger partial charge in [-0.15, -0.1) is 0 Å². The number of hydrogen-bond donors (Lipinski definition) is 2. The minimum absolute atomic E-state index is 0.00467. The maximum atomic E-state index is 13.1. The van der Waals surface area contributed by atoms with Gasteiger partial charge in [-0.3, -0.25) is 9.59 Å². The highest BCUT2D eigenvalue weighted by Crippen LogP contribution is 2.24. The molecule has 0 unspecified atom stereocenters. The van der Waals surface area contributed by atoms with Crippen LogP contribution in [0.5, 0.6) is 0 Å². The minimum atomic E-state index is -3.79. The Kier molecular flexibility index (Phi) is 7.75. The molecule has 0 radical (unpaired) electrons. The predicted octanol–water partition coefficient (Wildman–Crippen LogP) is 2.05. The summed E-state index contributed by atoms with van der Waals surface area (Å²) in [7, 11) is -3.79. The number of sulfonamides is 1. The Morgan fingerprint density at radius 3 is 2.45 bits per heavy atom.